The number of amides is 2. The predicted molar refractivity (Wildman–Crippen MR) is 80.9 cm³/mol. The zero-order chi connectivity index (χ0) is 14.7. The zero-order valence-corrected chi connectivity index (χ0v) is 11.4. The number of halogens is 1. The van der Waals surface area contributed by atoms with Gasteiger partial charge in [0.15, 0.2) is 0 Å². The maximum atomic E-state index is 13.5. The van der Waals surface area contributed by atoms with Crippen LogP contribution in [0.25, 0.3) is 0 Å². The van der Waals surface area contributed by atoms with Crippen molar-refractivity contribution in [1.82, 2.24) is 5.32 Å². The molecule has 0 saturated carbocycles. The zero-order valence-electron chi connectivity index (χ0n) is 11.4. The van der Waals surface area contributed by atoms with Crippen LogP contribution in [0, 0.1) is 5.82 Å². The summed E-state index contributed by atoms with van der Waals surface area (Å²) in [6.07, 6.45) is 0.944. The first-order chi connectivity index (χ1) is 10.2. The maximum Gasteiger partial charge on any atom is 0.323 e. The Kier molecular flexibility index (Phi) is 3.83. The lowest BCUT2D eigenvalue weighted by molar-refractivity contribution is 0.262. The van der Waals surface area contributed by atoms with Crippen LogP contribution in [-0.4, -0.2) is 12.6 Å². The number of nitrogens with one attached hydrogen (secondary N) is 3. The fourth-order valence-electron chi connectivity index (χ4n) is 2.40. The Morgan fingerprint density at radius 1 is 1.10 bits per heavy atom. The molecule has 2 amide bonds. The van der Waals surface area contributed by atoms with Gasteiger partial charge >= 0.3 is 6.03 Å². The number of anilines is 2. The highest BCUT2D eigenvalue weighted by molar-refractivity contribution is 5.99. The molecule has 21 heavy (non-hydrogen) atoms. The summed E-state index contributed by atoms with van der Waals surface area (Å²) in [6.45, 7) is 1.80. The first kappa shape index (κ1) is 13.6. The standard InChI is InChI=1S/C16H16FN3O/c17-14-3-1-2-4-15(14)20-16(21)19-13-6-5-12-10-18-8-7-11(12)9-13/h1-6,9,18H,7-8,10H2,(H2,19,20,21). The molecule has 0 spiro atoms. The van der Waals surface area contributed by atoms with Crippen molar-refractivity contribution < 1.29 is 9.18 Å². The van der Waals surface area contributed by atoms with E-state index in [2.05, 4.69) is 16.0 Å². The summed E-state index contributed by atoms with van der Waals surface area (Å²) in [5, 5.41) is 8.53. The topological polar surface area (TPSA) is 53.2 Å². The van der Waals surface area contributed by atoms with Crippen molar-refractivity contribution in [2.24, 2.45) is 0 Å². The van der Waals surface area contributed by atoms with E-state index in [0.717, 1.165) is 19.5 Å². The van der Waals surface area contributed by atoms with E-state index in [1.54, 1.807) is 12.1 Å². The predicted octanol–water partition coefficient (Wildman–Crippen LogP) is 3.12. The molecule has 0 aliphatic carbocycles. The molecule has 1 aliphatic rings. The highest BCUT2D eigenvalue weighted by atomic mass is 19.1. The third-order valence-electron chi connectivity index (χ3n) is 3.47. The van der Waals surface area contributed by atoms with Gasteiger partial charge in [0, 0.05) is 12.2 Å². The molecule has 0 aromatic heterocycles. The monoisotopic (exact) mass is 285 g/mol. The molecule has 3 N–H and O–H groups in total. The average Bonchev–Trinajstić information content (AvgIpc) is 2.49. The van der Waals surface area contributed by atoms with Gasteiger partial charge in [-0.05, 0) is 48.4 Å². The average molecular weight is 285 g/mol. The third-order valence-corrected chi connectivity index (χ3v) is 3.47. The third kappa shape index (κ3) is 3.20. The number of fused-ring (bicyclic) bond motifs is 1. The lowest BCUT2D eigenvalue weighted by Crippen LogP contribution is -2.24. The van der Waals surface area contributed by atoms with E-state index in [1.807, 2.05) is 18.2 Å². The minimum atomic E-state index is -0.454. The molecule has 0 saturated heterocycles. The molecule has 3 rings (SSSR count). The minimum absolute atomic E-state index is 0.164. The largest absolute Gasteiger partial charge is 0.323 e. The molecular formula is C16H16FN3O. The van der Waals surface area contributed by atoms with Crippen LogP contribution in [0.1, 0.15) is 11.1 Å². The van der Waals surface area contributed by atoms with Crippen LogP contribution < -0.4 is 16.0 Å². The molecule has 4 nitrogen and oxygen atoms in total. The quantitative estimate of drug-likeness (QED) is 0.794. The summed E-state index contributed by atoms with van der Waals surface area (Å²) in [6, 6.07) is 11.5. The first-order valence-corrected chi connectivity index (χ1v) is 6.87. The van der Waals surface area contributed by atoms with E-state index in [9.17, 15) is 9.18 Å². The van der Waals surface area contributed by atoms with E-state index >= 15 is 0 Å². The maximum absolute atomic E-state index is 13.5. The van der Waals surface area contributed by atoms with Gasteiger partial charge in [0.25, 0.3) is 0 Å². The number of hydrogen-bond acceptors (Lipinski definition) is 2. The van der Waals surface area contributed by atoms with Crippen LogP contribution >= 0.6 is 0 Å². The summed E-state index contributed by atoms with van der Waals surface area (Å²) in [4.78, 5) is 11.9. The molecule has 108 valence electrons. The number of benzene rings is 2. The minimum Gasteiger partial charge on any atom is -0.312 e. The van der Waals surface area contributed by atoms with Gasteiger partial charge < -0.3 is 16.0 Å². The highest BCUT2D eigenvalue weighted by Gasteiger charge is 2.11. The SMILES string of the molecule is O=C(Nc1ccc2c(c1)CCNC2)Nc1ccccc1F. The Morgan fingerprint density at radius 2 is 1.95 bits per heavy atom. The summed E-state index contributed by atoms with van der Waals surface area (Å²) in [5.74, 6) is -0.454. The van der Waals surface area contributed by atoms with E-state index in [1.165, 1.54) is 23.3 Å². The van der Waals surface area contributed by atoms with Crippen molar-refractivity contribution in [3.05, 3.63) is 59.4 Å². The second kappa shape index (κ2) is 5.93. The van der Waals surface area contributed by atoms with Crippen LogP contribution in [0.2, 0.25) is 0 Å². The molecule has 5 heteroatoms. The lowest BCUT2D eigenvalue weighted by atomic mass is 10.0. The molecule has 0 bridgehead atoms. The molecule has 0 atom stereocenters. The molecule has 1 heterocycles. The van der Waals surface area contributed by atoms with Gasteiger partial charge in [-0.3, -0.25) is 0 Å². The Balaban J connectivity index is 1.69. The van der Waals surface area contributed by atoms with Crippen LogP contribution in [0.4, 0.5) is 20.6 Å². The number of carbonyl (C=O) groups excluding carboxylic acids is 1. The fraction of sp³-hybridized carbons (Fsp3) is 0.188. The normalized spacial score (nSPS) is 13.4. The molecule has 2 aromatic carbocycles. The van der Waals surface area contributed by atoms with Crippen molar-refractivity contribution in [1.29, 1.82) is 0 Å². The van der Waals surface area contributed by atoms with Crippen LogP contribution in [0.3, 0.4) is 0 Å². The summed E-state index contributed by atoms with van der Waals surface area (Å²) in [5.41, 5.74) is 3.36. The summed E-state index contributed by atoms with van der Waals surface area (Å²) in [7, 11) is 0. The van der Waals surface area contributed by atoms with Gasteiger partial charge in [-0.2, -0.15) is 0 Å². The second-order valence-corrected chi connectivity index (χ2v) is 4.97. The lowest BCUT2D eigenvalue weighted by Gasteiger charge is -2.18. The van der Waals surface area contributed by atoms with Crippen LogP contribution in [0.15, 0.2) is 42.5 Å². The second-order valence-electron chi connectivity index (χ2n) is 4.97. The van der Waals surface area contributed by atoms with E-state index in [4.69, 9.17) is 0 Å². The van der Waals surface area contributed by atoms with Gasteiger partial charge in [-0.1, -0.05) is 18.2 Å². The number of hydrogen-bond donors (Lipinski definition) is 3. The summed E-state index contributed by atoms with van der Waals surface area (Å²) >= 11 is 0. The van der Waals surface area contributed by atoms with Crippen molar-refractivity contribution in [3.63, 3.8) is 0 Å². The van der Waals surface area contributed by atoms with Crippen LogP contribution in [0.5, 0.6) is 0 Å². The van der Waals surface area contributed by atoms with Crippen LogP contribution in [-0.2, 0) is 13.0 Å². The van der Waals surface area contributed by atoms with Crippen molar-refractivity contribution in [2.75, 3.05) is 17.2 Å². The smallest absolute Gasteiger partial charge is 0.312 e. The molecule has 2 aromatic rings. The molecule has 0 fully saturated rings. The summed E-state index contributed by atoms with van der Waals surface area (Å²) < 4.78 is 13.5. The van der Waals surface area contributed by atoms with Gasteiger partial charge in [0.05, 0.1) is 5.69 Å². The Bertz CT molecular complexity index is 672. The number of carbonyl (C=O) groups is 1. The molecule has 1 aliphatic heterocycles. The Morgan fingerprint density at radius 3 is 2.81 bits per heavy atom. The molecular weight excluding hydrogens is 269 g/mol. The van der Waals surface area contributed by atoms with Gasteiger partial charge in [-0.25, -0.2) is 9.18 Å². The van der Waals surface area contributed by atoms with Crippen molar-refractivity contribution in [2.45, 2.75) is 13.0 Å². The molecule has 0 unspecified atom stereocenters. The Labute approximate surface area is 122 Å². The van der Waals surface area contributed by atoms with Crippen molar-refractivity contribution >= 4 is 17.4 Å². The van der Waals surface area contributed by atoms with Gasteiger partial charge in [0.2, 0.25) is 0 Å². The number of para-hydroxylation sites is 1. The number of rotatable bonds is 2. The first-order valence-electron chi connectivity index (χ1n) is 6.87. The fourth-order valence-corrected chi connectivity index (χ4v) is 2.40. The Hall–Kier alpha value is -2.40. The van der Waals surface area contributed by atoms with E-state index in [-0.39, 0.29) is 5.69 Å². The van der Waals surface area contributed by atoms with Gasteiger partial charge in [0.1, 0.15) is 5.82 Å². The van der Waals surface area contributed by atoms with E-state index < -0.39 is 11.8 Å². The van der Waals surface area contributed by atoms with E-state index in [0.29, 0.717) is 5.69 Å². The highest BCUT2D eigenvalue weighted by Crippen LogP contribution is 2.19. The molecule has 0 radical (unpaired) electrons. The number of urea groups is 1. The van der Waals surface area contributed by atoms with Gasteiger partial charge in [-0.15, -0.1) is 0 Å². The van der Waals surface area contributed by atoms with Crippen molar-refractivity contribution in [3.8, 4) is 0 Å².